The van der Waals surface area contributed by atoms with Gasteiger partial charge >= 0.3 is 12.2 Å². The van der Waals surface area contributed by atoms with Crippen LogP contribution in [0.2, 0.25) is 0 Å². The van der Waals surface area contributed by atoms with Gasteiger partial charge in [-0.2, -0.15) is 0 Å². The van der Waals surface area contributed by atoms with Crippen LogP contribution in [-0.2, 0) is 9.47 Å². The number of ether oxygens (including phenoxy) is 2. The van der Waals surface area contributed by atoms with Crippen LogP contribution in [0.4, 0.5) is 9.59 Å². The van der Waals surface area contributed by atoms with E-state index in [4.69, 9.17) is 9.47 Å². The third-order valence-corrected chi connectivity index (χ3v) is 5.11. The lowest BCUT2D eigenvalue weighted by molar-refractivity contribution is 0.0163. The number of rotatable bonds is 3. The Hall–Kier alpha value is -1.50. The number of hydrogen-bond acceptors (Lipinski definition) is 5. The standard InChI is InChI=1S/C21H39N3O4/c1-20(2,3)27-18(25)23-11-7-16(8-12-23)15-22-17-9-13-24(14-10-17)19(26)28-21(4,5)6/h16-17,22H,7-15H2,1-6H3. The average Bonchev–Trinajstić information content (AvgIpc) is 2.58. The van der Waals surface area contributed by atoms with Crippen molar-refractivity contribution in [2.24, 2.45) is 5.92 Å². The van der Waals surface area contributed by atoms with Crippen LogP contribution in [0.3, 0.4) is 0 Å². The van der Waals surface area contributed by atoms with E-state index in [0.717, 1.165) is 58.4 Å². The summed E-state index contributed by atoms with van der Waals surface area (Å²) < 4.78 is 10.9. The third-order valence-electron chi connectivity index (χ3n) is 5.11. The molecule has 0 radical (unpaired) electrons. The first-order valence-corrected chi connectivity index (χ1v) is 10.6. The van der Waals surface area contributed by atoms with Gasteiger partial charge in [0.25, 0.3) is 0 Å². The van der Waals surface area contributed by atoms with Crippen LogP contribution in [0.15, 0.2) is 0 Å². The minimum Gasteiger partial charge on any atom is -0.444 e. The van der Waals surface area contributed by atoms with Crippen molar-refractivity contribution in [1.29, 1.82) is 0 Å². The summed E-state index contributed by atoms with van der Waals surface area (Å²) in [6.45, 7) is 15.4. The van der Waals surface area contributed by atoms with Gasteiger partial charge in [-0.1, -0.05) is 0 Å². The molecule has 0 aromatic rings. The molecule has 0 saturated carbocycles. The average molecular weight is 398 g/mol. The highest BCUT2D eigenvalue weighted by Crippen LogP contribution is 2.20. The normalized spacial score (nSPS) is 20.2. The van der Waals surface area contributed by atoms with Crippen molar-refractivity contribution < 1.29 is 19.1 Å². The number of carbonyl (C=O) groups excluding carboxylic acids is 2. The van der Waals surface area contributed by atoms with Crippen molar-refractivity contribution in [3.8, 4) is 0 Å². The molecule has 2 amide bonds. The predicted molar refractivity (Wildman–Crippen MR) is 109 cm³/mol. The van der Waals surface area contributed by atoms with E-state index >= 15 is 0 Å². The fraction of sp³-hybridized carbons (Fsp3) is 0.905. The maximum absolute atomic E-state index is 12.1. The zero-order valence-corrected chi connectivity index (χ0v) is 18.5. The molecule has 28 heavy (non-hydrogen) atoms. The first-order valence-electron chi connectivity index (χ1n) is 10.6. The Balaban J connectivity index is 1.63. The molecule has 2 aliphatic heterocycles. The van der Waals surface area contributed by atoms with Gasteiger partial charge in [0.2, 0.25) is 0 Å². The number of hydrogen-bond donors (Lipinski definition) is 1. The second kappa shape index (κ2) is 9.33. The first kappa shape index (κ1) is 22.8. The highest BCUT2D eigenvalue weighted by atomic mass is 16.6. The lowest BCUT2D eigenvalue weighted by atomic mass is 9.96. The molecule has 2 aliphatic rings. The number of piperidine rings is 2. The van der Waals surface area contributed by atoms with Gasteiger partial charge < -0.3 is 24.6 Å². The summed E-state index contributed by atoms with van der Waals surface area (Å²) >= 11 is 0. The number of nitrogens with zero attached hydrogens (tertiary/aromatic N) is 2. The summed E-state index contributed by atoms with van der Waals surface area (Å²) in [6, 6.07) is 0.447. The number of carbonyl (C=O) groups is 2. The van der Waals surface area contributed by atoms with Gasteiger partial charge in [0.05, 0.1) is 0 Å². The summed E-state index contributed by atoms with van der Waals surface area (Å²) in [6.07, 6.45) is 3.51. The Kier molecular flexibility index (Phi) is 7.59. The Bertz CT molecular complexity index is 475. The summed E-state index contributed by atoms with van der Waals surface area (Å²) in [5.74, 6) is 0.586. The molecule has 0 aromatic heterocycles. The van der Waals surface area contributed by atoms with Crippen LogP contribution in [-0.4, -0.2) is 72.0 Å². The largest absolute Gasteiger partial charge is 0.444 e. The van der Waals surface area contributed by atoms with Crippen LogP contribution in [0.1, 0.15) is 67.2 Å². The zero-order valence-electron chi connectivity index (χ0n) is 18.5. The van der Waals surface area contributed by atoms with Gasteiger partial charge in [-0.15, -0.1) is 0 Å². The fourth-order valence-corrected chi connectivity index (χ4v) is 3.57. The summed E-state index contributed by atoms with van der Waals surface area (Å²) in [5.41, 5.74) is -0.885. The molecular weight excluding hydrogens is 358 g/mol. The smallest absolute Gasteiger partial charge is 0.410 e. The predicted octanol–water partition coefficient (Wildman–Crippen LogP) is 3.62. The van der Waals surface area contributed by atoms with Crippen LogP contribution in [0.25, 0.3) is 0 Å². The molecule has 0 unspecified atom stereocenters. The van der Waals surface area contributed by atoms with E-state index in [0.29, 0.717) is 12.0 Å². The van der Waals surface area contributed by atoms with Crippen molar-refractivity contribution in [1.82, 2.24) is 15.1 Å². The molecule has 0 spiro atoms. The number of nitrogens with one attached hydrogen (secondary N) is 1. The zero-order chi connectivity index (χ0) is 20.9. The van der Waals surface area contributed by atoms with Gasteiger partial charge in [-0.25, -0.2) is 9.59 Å². The molecular formula is C21H39N3O4. The number of likely N-dealkylation sites (tertiary alicyclic amines) is 2. The molecule has 2 heterocycles. The Labute approximate surface area is 170 Å². The van der Waals surface area contributed by atoms with E-state index in [2.05, 4.69) is 5.32 Å². The monoisotopic (exact) mass is 397 g/mol. The van der Waals surface area contributed by atoms with Gasteiger partial charge in [0.15, 0.2) is 0 Å². The molecule has 7 heteroatoms. The SMILES string of the molecule is CC(C)(C)OC(=O)N1CCC(CNC2CCN(C(=O)OC(C)(C)C)CC2)CC1. The highest BCUT2D eigenvalue weighted by molar-refractivity contribution is 5.68. The van der Waals surface area contributed by atoms with E-state index in [-0.39, 0.29) is 12.2 Å². The van der Waals surface area contributed by atoms with Crippen LogP contribution >= 0.6 is 0 Å². The number of amides is 2. The Morgan fingerprint density at radius 2 is 1.18 bits per heavy atom. The highest BCUT2D eigenvalue weighted by Gasteiger charge is 2.29. The van der Waals surface area contributed by atoms with Gasteiger partial charge in [0, 0.05) is 32.2 Å². The quantitative estimate of drug-likeness (QED) is 0.787. The van der Waals surface area contributed by atoms with E-state index in [1.807, 2.05) is 51.3 Å². The summed E-state index contributed by atoms with van der Waals surface area (Å²) in [5, 5.41) is 3.67. The van der Waals surface area contributed by atoms with Crippen molar-refractivity contribution in [3.05, 3.63) is 0 Å². The molecule has 0 atom stereocenters. The summed E-state index contributed by atoms with van der Waals surface area (Å²) in [7, 11) is 0. The van der Waals surface area contributed by atoms with E-state index < -0.39 is 11.2 Å². The van der Waals surface area contributed by atoms with Crippen molar-refractivity contribution in [3.63, 3.8) is 0 Å². The molecule has 2 rings (SSSR count). The summed E-state index contributed by atoms with van der Waals surface area (Å²) in [4.78, 5) is 27.9. The second-order valence-corrected chi connectivity index (χ2v) is 10.1. The van der Waals surface area contributed by atoms with Crippen molar-refractivity contribution in [2.75, 3.05) is 32.7 Å². The van der Waals surface area contributed by atoms with Gasteiger partial charge in [-0.3, -0.25) is 0 Å². The minimum absolute atomic E-state index is 0.201. The molecule has 2 fully saturated rings. The maximum atomic E-state index is 12.1. The molecule has 2 saturated heterocycles. The molecule has 0 aliphatic carbocycles. The van der Waals surface area contributed by atoms with Crippen LogP contribution in [0.5, 0.6) is 0 Å². The minimum atomic E-state index is -0.444. The third kappa shape index (κ3) is 7.86. The fourth-order valence-electron chi connectivity index (χ4n) is 3.57. The molecule has 162 valence electrons. The molecule has 0 aromatic carbocycles. The van der Waals surface area contributed by atoms with Crippen LogP contribution < -0.4 is 5.32 Å². The van der Waals surface area contributed by atoms with E-state index in [1.165, 1.54) is 0 Å². The topological polar surface area (TPSA) is 71.1 Å². The van der Waals surface area contributed by atoms with Gasteiger partial charge in [-0.05, 0) is 79.7 Å². The van der Waals surface area contributed by atoms with Crippen molar-refractivity contribution >= 4 is 12.2 Å². The first-order chi connectivity index (χ1) is 12.9. The molecule has 7 nitrogen and oxygen atoms in total. The molecule has 1 N–H and O–H groups in total. The van der Waals surface area contributed by atoms with Crippen molar-refractivity contribution in [2.45, 2.75) is 84.5 Å². The lowest BCUT2D eigenvalue weighted by Gasteiger charge is -2.36. The lowest BCUT2D eigenvalue weighted by Crippen LogP contribution is -2.48. The van der Waals surface area contributed by atoms with E-state index in [1.54, 1.807) is 0 Å². The molecule has 0 bridgehead atoms. The maximum Gasteiger partial charge on any atom is 0.410 e. The van der Waals surface area contributed by atoms with Gasteiger partial charge in [0.1, 0.15) is 11.2 Å². The second-order valence-electron chi connectivity index (χ2n) is 10.1. The Morgan fingerprint density at radius 3 is 1.57 bits per heavy atom. The Morgan fingerprint density at radius 1 is 0.786 bits per heavy atom. The van der Waals surface area contributed by atoms with Crippen LogP contribution in [0, 0.1) is 5.92 Å². The van der Waals surface area contributed by atoms with E-state index in [9.17, 15) is 9.59 Å².